The van der Waals surface area contributed by atoms with Crippen LogP contribution in [0.5, 0.6) is 5.75 Å². The van der Waals surface area contributed by atoms with Gasteiger partial charge in [-0.2, -0.15) is 0 Å². The highest BCUT2D eigenvalue weighted by Gasteiger charge is 2.30. The number of methoxy groups -OCH3 is 1. The molecule has 0 fully saturated rings. The molecule has 1 N–H and O–H groups in total. The molecular formula is C14H24ClNO2. The van der Waals surface area contributed by atoms with E-state index >= 15 is 0 Å². The van der Waals surface area contributed by atoms with Crippen molar-refractivity contribution in [1.29, 1.82) is 0 Å². The normalized spacial score (nSPS) is 15.7. The molecule has 0 saturated carbocycles. The van der Waals surface area contributed by atoms with E-state index in [2.05, 4.69) is 0 Å². The third-order valence-electron chi connectivity index (χ3n) is 3.16. The summed E-state index contributed by atoms with van der Waals surface area (Å²) in [4.78, 5) is 2.00. The van der Waals surface area contributed by atoms with E-state index in [1.165, 1.54) is 0 Å². The van der Waals surface area contributed by atoms with Crippen molar-refractivity contribution in [3.63, 3.8) is 0 Å². The van der Waals surface area contributed by atoms with Gasteiger partial charge in [0.1, 0.15) is 5.75 Å². The predicted octanol–water partition coefficient (Wildman–Crippen LogP) is 2.53. The molecule has 0 aliphatic heterocycles. The Labute approximate surface area is 116 Å². The second-order valence-electron chi connectivity index (χ2n) is 5.09. The fraction of sp³-hybridized carbons (Fsp3) is 0.571. The molecule has 18 heavy (non-hydrogen) atoms. The van der Waals surface area contributed by atoms with Gasteiger partial charge in [-0.25, -0.2) is 0 Å². The molecular weight excluding hydrogens is 250 g/mol. The summed E-state index contributed by atoms with van der Waals surface area (Å²) >= 11 is 0. The van der Waals surface area contributed by atoms with Gasteiger partial charge in [-0.05, 0) is 38.7 Å². The van der Waals surface area contributed by atoms with E-state index < -0.39 is 5.60 Å². The van der Waals surface area contributed by atoms with E-state index in [0.717, 1.165) is 11.3 Å². The number of hydrogen-bond donors (Lipinski definition) is 1. The predicted molar refractivity (Wildman–Crippen MR) is 77.8 cm³/mol. The highest BCUT2D eigenvalue weighted by atomic mass is 35.5. The molecule has 4 heteroatoms. The van der Waals surface area contributed by atoms with Crippen molar-refractivity contribution in [3.8, 4) is 5.75 Å². The Morgan fingerprint density at radius 2 is 2.00 bits per heavy atom. The highest BCUT2D eigenvalue weighted by molar-refractivity contribution is 5.85. The minimum absolute atomic E-state index is 0. The van der Waals surface area contributed by atoms with Crippen LogP contribution in [-0.4, -0.2) is 43.4 Å². The average molecular weight is 274 g/mol. The van der Waals surface area contributed by atoms with Gasteiger partial charge >= 0.3 is 0 Å². The molecule has 0 aromatic heterocycles. The van der Waals surface area contributed by atoms with Crippen LogP contribution in [0.25, 0.3) is 0 Å². The van der Waals surface area contributed by atoms with Gasteiger partial charge in [-0.3, -0.25) is 0 Å². The number of ether oxygens (including phenoxy) is 1. The summed E-state index contributed by atoms with van der Waals surface area (Å²) < 4.78 is 5.21. The lowest BCUT2D eigenvalue weighted by molar-refractivity contribution is 0.0123. The first-order valence-corrected chi connectivity index (χ1v) is 5.88. The molecule has 0 amide bonds. The number of rotatable bonds is 5. The number of aliphatic hydroxyl groups is 1. The molecule has 1 aromatic carbocycles. The van der Waals surface area contributed by atoms with E-state index in [-0.39, 0.29) is 18.3 Å². The number of benzene rings is 1. The van der Waals surface area contributed by atoms with E-state index in [0.29, 0.717) is 6.54 Å². The fourth-order valence-corrected chi connectivity index (χ4v) is 2.05. The molecule has 0 radical (unpaired) electrons. The summed E-state index contributed by atoms with van der Waals surface area (Å²) in [5.74, 6) is 0.884. The highest BCUT2D eigenvalue weighted by Crippen LogP contribution is 2.30. The molecule has 0 aliphatic rings. The first-order valence-electron chi connectivity index (χ1n) is 5.88. The van der Waals surface area contributed by atoms with Crippen molar-refractivity contribution in [3.05, 3.63) is 29.8 Å². The largest absolute Gasteiger partial charge is 0.497 e. The Balaban J connectivity index is 0.00000289. The Morgan fingerprint density at radius 1 is 1.39 bits per heavy atom. The number of halogens is 1. The summed E-state index contributed by atoms with van der Waals surface area (Å²) in [6.07, 6.45) is 0. The Kier molecular flexibility index (Phi) is 6.68. The molecule has 0 heterocycles. The molecule has 0 bridgehead atoms. The Morgan fingerprint density at radius 3 is 2.50 bits per heavy atom. The van der Waals surface area contributed by atoms with E-state index in [1.807, 2.05) is 57.1 Å². The SMILES string of the molecule is COc1cccc([C@@H](C)[C@@](C)(O)CN(C)C)c1.Cl. The van der Waals surface area contributed by atoms with Crippen LogP contribution in [0.4, 0.5) is 0 Å². The molecule has 0 spiro atoms. The van der Waals surface area contributed by atoms with Crippen LogP contribution in [0, 0.1) is 0 Å². The van der Waals surface area contributed by atoms with Crippen molar-refractivity contribution in [2.24, 2.45) is 0 Å². The maximum absolute atomic E-state index is 10.5. The second-order valence-corrected chi connectivity index (χ2v) is 5.09. The van der Waals surface area contributed by atoms with E-state index in [1.54, 1.807) is 7.11 Å². The molecule has 3 nitrogen and oxygen atoms in total. The van der Waals surface area contributed by atoms with Crippen LogP contribution in [0.2, 0.25) is 0 Å². The summed E-state index contributed by atoms with van der Waals surface area (Å²) in [6.45, 7) is 4.54. The van der Waals surface area contributed by atoms with Gasteiger partial charge in [0.05, 0.1) is 12.7 Å². The lowest BCUT2D eigenvalue weighted by Gasteiger charge is -2.33. The average Bonchev–Trinajstić information content (AvgIpc) is 2.26. The maximum atomic E-state index is 10.5. The summed E-state index contributed by atoms with van der Waals surface area (Å²) in [5.41, 5.74) is 0.340. The zero-order valence-corrected chi connectivity index (χ0v) is 12.6. The van der Waals surface area contributed by atoms with Gasteiger partial charge in [-0.1, -0.05) is 19.1 Å². The van der Waals surface area contributed by atoms with E-state index in [4.69, 9.17) is 4.74 Å². The molecule has 1 rings (SSSR count). The van der Waals surface area contributed by atoms with Crippen molar-refractivity contribution in [2.45, 2.75) is 25.4 Å². The third-order valence-corrected chi connectivity index (χ3v) is 3.16. The minimum atomic E-state index is -0.754. The molecule has 0 unspecified atom stereocenters. The van der Waals surface area contributed by atoms with Crippen LogP contribution in [-0.2, 0) is 0 Å². The zero-order valence-electron chi connectivity index (χ0n) is 11.8. The number of likely N-dealkylation sites (N-methyl/N-ethyl adjacent to an activating group) is 1. The molecule has 1 aromatic rings. The van der Waals surface area contributed by atoms with Crippen LogP contribution >= 0.6 is 12.4 Å². The number of nitrogens with zero attached hydrogens (tertiary/aromatic N) is 1. The first-order chi connectivity index (χ1) is 7.86. The maximum Gasteiger partial charge on any atom is 0.119 e. The topological polar surface area (TPSA) is 32.7 Å². The third kappa shape index (κ3) is 4.48. The quantitative estimate of drug-likeness (QED) is 0.895. The van der Waals surface area contributed by atoms with Crippen molar-refractivity contribution in [2.75, 3.05) is 27.7 Å². The smallest absolute Gasteiger partial charge is 0.119 e. The second kappa shape index (κ2) is 6.98. The van der Waals surface area contributed by atoms with Crippen LogP contribution in [0.3, 0.4) is 0 Å². The van der Waals surface area contributed by atoms with Crippen molar-refractivity contribution in [1.82, 2.24) is 4.90 Å². The van der Waals surface area contributed by atoms with Crippen LogP contribution in [0.1, 0.15) is 25.3 Å². The first kappa shape index (κ1) is 17.2. The summed E-state index contributed by atoms with van der Waals surface area (Å²) in [5, 5.41) is 10.5. The monoisotopic (exact) mass is 273 g/mol. The van der Waals surface area contributed by atoms with Gasteiger partial charge < -0.3 is 14.7 Å². The lowest BCUT2D eigenvalue weighted by Crippen LogP contribution is -2.41. The van der Waals surface area contributed by atoms with Gasteiger partial charge in [-0.15, -0.1) is 12.4 Å². The molecule has 0 aliphatic carbocycles. The van der Waals surface area contributed by atoms with Crippen molar-refractivity contribution >= 4 is 12.4 Å². The minimum Gasteiger partial charge on any atom is -0.497 e. The lowest BCUT2D eigenvalue weighted by atomic mass is 9.84. The Hall–Kier alpha value is -0.770. The van der Waals surface area contributed by atoms with Gasteiger partial charge in [0.25, 0.3) is 0 Å². The van der Waals surface area contributed by atoms with Gasteiger partial charge in [0.2, 0.25) is 0 Å². The summed E-state index contributed by atoms with van der Waals surface area (Å²) in [7, 11) is 5.58. The molecule has 0 saturated heterocycles. The molecule has 2 atom stereocenters. The van der Waals surface area contributed by atoms with Crippen LogP contribution in [0.15, 0.2) is 24.3 Å². The zero-order chi connectivity index (χ0) is 13.1. The van der Waals surface area contributed by atoms with Crippen molar-refractivity contribution < 1.29 is 9.84 Å². The summed E-state index contributed by atoms with van der Waals surface area (Å²) in [6, 6.07) is 7.87. The van der Waals surface area contributed by atoms with Crippen LogP contribution < -0.4 is 4.74 Å². The Bertz CT molecular complexity index is 367. The van der Waals surface area contributed by atoms with Gasteiger partial charge in [0.15, 0.2) is 0 Å². The van der Waals surface area contributed by atoms with Gasteiger partial charge in [0, 0.05) is 12.5 Å². The number of hydrogen-bond acceptors (Lipinski definition) is 3. The van der Waals surface area contributed by atoms with E-state index in [9.17, 15) is 5.11 Å². The standard InChI is InChI=1S/C14H23NO2.ClH/c1-11(14(2,16)10-15(3)4)12-7-6-8-13(9-12)17-5;/h6-9,11,16H,10H2,1-5H3;1H/t11-,14+;/m1./s1. The fourth-order valence-electron chi connectivity index (χ4n) is 2.05. The molecule has 104 valence electrons.